The van der Waals surface area contributed by atoms with Gasteiger partial charge in [-0.1, -0.05) is 44.2 Å². The molecule has 0 fully saturated rings. The first-order valence-electron chi connectivity index (χ1n) is 6.72. The summed E-state index contributed by atoms with van der Waals surface area (Å²) in [5.74, 6) is -0.105. The number of nitrogens with two attached hydrogens (primary N) is 1. The van der Waals surface area contributed by atoms with Crippen LogP contribution in [0.15, 0.2) is 30.3 Å². The maximum atomic E-state index is 12.1. The Morgan fingerprint density at radius 1 is 1.30 bits per heavy atom. The minimum atomic E-state index is -0.588. The fraction of sp³-hybridized carbons (Fsp3) is 0.533. The van der Waals surface area contributed by atoms with E-state index in [2.05, 4.69) is 25.4 Å². The molecule has 3 N–H and O–H groups in total. The third kappa shape index (κ3) is 5.00. The Hall–Kier alpha value is -0.710. The maximum absolute atomic E-state index is 12.1. The predicted molar refractivity (Wildman–Crippen MR) is 90.5 cm³/mol. The van der Waals surface area contributed by atoms with E-state index in [0.717, 1.165) is 18.4 Å². The molecule has 0 radical (unpaired) electrons. The van der Waals surface area contributed by atoms with Gasteiger partial charge in [-0.3, -0.25) is 4.79 Å². The van der Waals surface area contributed by atoms with Crippen LogP contribution in [0.5, 0.6) is 0 Å². The Morgan fingerprint density at radius 3 is 2.30 bits per heavy atom. The van der Waals surface area contributed by atoms with E-state index in [-0.39, 0.29) is 23.1 Å². The highest BCUT2D eigenvalue weighted by molar-refractivity contribution is 8.00. The second kappa shape index (κ2) is 9.27. The molecule has 1 unspecified atom stereocenters. The van der Waals surface area contributed by atoms with Gasteiger partial charge in [-0.2, -0.15) is 11.8 Å². The lowest BCUT2D eigenvalue weighted by molar-refractivity contribution is -0.122. The van der Waals surface area contributed by atoms with Gasteiger partial charge in [-0.05, 0) is 24.7 Å². The van der Waals surface area contributed by atoms with Gasteiger partial charge in [-0.15, -0.1) is 12.4 Å². The van der Waals surface area contributed by atoms with Crippen LogP contribution in [0.3, 0.4) is 0 Å². The molecular formula is C15H25ClN2OS. The average Bonchev–Trinajstić information content (AvgIpc) is 2.49. The van der Waals surface area contributed by atoms with Gasteiger partial charge < -0.3 is 11.1 Å². The van der Waals surface area contributed by atoms with Gasteiger partial charge >= 0.3 is 0 Å². The van der Waals surface area contributed by atoms with E-state index in [1.165, 1.54) is 0 Å². The number of hydrogen-bond acceptors (Lipinski definition) is 3. The van der Waals surface area contributed by atoms with E-state index in [4.69, 9.17) is 5.73 Å². The smallest absolute Gasteiger partial charge is 0.241 e. The van der Waals surface area contributed by atoms with Crippen molar-refractivity contribution in [2.45, 2.75) is 37.5 Å². The lowest BCUT2D eigenvalue weighted by Crippen LogP contribution is -2.43. The van der Waals surface area contributed by atoms with Gasteiger partial charge in [0.05, 0.1) is 0 Å². The SMILES string of the molecule is CCC(CC)(CNC(=O)C(N)c1ccccc1)SC.Cl. The van der Waals surface area contributed by atoms with E-state index in [0.29, 0.717) is 6.54 Å². The molecule has 3 nitrogen and oxygen atoms in total. The number of nitrogens with one attached hydrogen (secondary N) is 1. The Kier molecular flexibility index (Phi) is 8.94. The molecule has 0 saturated heterocycles. The first kappa shape index (κ1) is 19.3. The quantitative estimate of drug-likeness (QED) is 0.812. The van der Waals surface area contributed by atoms with E-state index in [9.17, 15) is 4.79 Å². The van der Waals surface area contributed by atoms with Crippen LogP contribution in [0.2, 0.25) is 0 Å². The minimum absolute atomic E-state index is 0. The van der Waals surface area contributed by atoms with Crippen molar-refractivity contribution in [2.75, 3.05) is 12.8 Å². The van der Waals surface area contributed by atoms with Crippen molar-refractivity contribution in [3.05, 3.63) is 35.9 Å². The number of carbonyl (C=O) groups excluding carboxylic acids is 1. The van der Waals surface area contributed by atoms with Crippen LogP contribution in [0.25, 0.3) is 0 Å². The molecule has 0 saturated carbocycles. The summed E-state index contributed by atoms with van der Waals surface area (Å²) in [6.07, 6.45) is 4.16. The Balaban J connectivity index is 0.00000361. The Morgan fingerprint density at radius 2 is 1.85 bits per heavy atom. The summed E-state index contributed by atoms with van der Waals surface area (Å²) in [5.41, 5.74) is 6.82. The summed E-state index contributed by atoms with van der Waals surface area (Å²) < 4.78 is 0.117. The standard InChI is InChI=1S/C15H24N2OS.ClH/c1-4-15(5-2,19-3)11-17-14(18)13(16)12-9-7-6-8-10-12;/h6-10,13H,4-5,11,16H2,1-3H3,(H,17,18);1H. The molecule has 1 atom stereocenters. The Labute approximate surface area is 132 Å². The molecule has 0 bridgehead atoms. The summed E-state index contributed by atoms with van der Waals surface area (Å²) in [4.78, 5) is 12.1. The summed E-state index contributed by atoms with van der Waals surface area (Å²) in [6.45, 7) is 4.98. The summed E-state index contributed by atoms with van der Waals surface area (Å²) >= 11 is 1.81. The number of hydrogen-bond donors (Lipinski definition) is 2. The average molecular weight is 317 g/mol. The largest absolute Gasteiger partial charge is 0.353 e. The molecule has 0 heterocycles. The number of thioether (sulfide) groups is 1. The highest BCUT2D eigenvalue weighted by Gasteiger charge is 2.26. The van der Waals surface area contributed by atoms with Crippen molar-refractivity contribution in [3.8, 4) is 0 Å². The molecule has 0 aliphatic carbocycles. The van der Waals surface area contributed by atoms with Crippen LogP contribution in [0, 0.1) is 0 Å². The monoisotopic (exact) mass is 316 g/mol. The van der Waals surface area contributed by atoms with Gasteiger partial charge in [-0.25, -0.2) is 0 Å². The van der Waals surface area contributed by atoms with Crippen molar-refractivity contribution >= 4 is 30.1 Å². The lowest BCUT2D eigenvalue weighted by atomic mass is 10.0. The maximum Gasteiger partial charge on any atom is 0.241 e. The van der Waals surface area contributed by atoms with Crippen molar-refractivity contribution in [2.24, 2.45) is 5.73 Å². The summed E-state index contributed by atoms with van der Waals surface area (Å²) in [5, 5.41) is 2.99. The molecule has 1 aromatic carbocycles. The molecule has 1 rings (SSSR count). The van der Waals surface area contributed by atoms with Gasteiger partial charge in [0.15, 0.2) is 0 Å². The summed E-state index contributed by atoms with van der Waals surface area (Å²) in [7, 11) is 0. The van der Waals surface area contributed by atoms with Crippen LogP contribution < -0.4 is 11.1 Å². The Bertz CT molecular complexity index is 388. The zero-order valence-electron chi connectivity index (χ0n) is 12.4. The van der Waals surface area contributed by atoms with Crippen LogP contribution in [-0.2, 0) is 4.79 Å². The molecule has 1 aromatic rings. The normalized spacial score (nSPS) is 12.4. The number of carbonyl (C=O) groups is 1. The van der Waals surface area contributed by atoms with Crippen molar-refractivity contribution in [1.82, 2.24) is 5.32 Å². The molecule has 114 valence electrons. The zero-order valence-corrected chi connectivity index (χ0v) is 14.0. The predicted octanol–water partition coefficient (Wildman–Crippen LogP) is 3.15. The summed E-state index contributed by atoms with van der Waals surface area (Å²) in [6, 6.07) is 8.88. The molecule has 1 amide bonds. The fourth-order valence-electron chi connectivity index (χ4n) is 2.03. The topological polar surface area (TPSA) is 55.1 Å². The van der Waals surface area contributed by atoms with Gasteiger partial charge in [0.2, 0.25) is 5.91 Å². The number of amides is 1. The van der Waals surface area contributed by atoms with Gasteiger partial charge in [0, 0.05) is 11.3 Å². The van der Waals surface area contributed by atoms with Crippen molar-refractivity contribution in [3.63, 3.8) is 0 Å². The van der Waals surface area contributed by atoms with Crippen LogP contribution >= 0.6 is 24.2 Å². The molecular weight excluding hydrogens is 292 g/mol. The van der Waals surface area contributed by atoms with E-state index >= 15 is 0 Å². The molecule has 0 spiro atoms. The van der Waals surface area contributed by atoms with Crippen molar-refractivity contribution in [1.29, 1.82) is 0 Å². The molecule has 0 aliphatic heterocycles. The van der Waals surface area contributed by atoms with Crippen molar-refractivity contribution < 1.29 is 4.79 Å². The second-order valence-electron chi connectivity index (χ2n) is 4.70. The third-order valence-electron chi connectivity index (χ3n) is 3.75. The highest BCUT2D eigenvalue weighted by Crippen LogP contribution is 2.29. The first-order chi connectivity index (χ1) is 9.08. The van der Waals surface area contributed by atoms with Gasteiger partial charge in [0.25, 0.3) is 0 Å². The molecule has 0 aromatic heterocycles. The highest BCUT2D eigenvalue weighted by atomic mass is 35.5. The third-order valence-corrected chi connectivity index (χ3v) is 5.34. The zero-order chi connectivity index (χ0) is 14.3. The first-order valence-corrected chi connectivity index (χ1v) is 7.94. The molecule has 5 heteroatoms. The molecule has 20 heavy (non-hydrogen) atoms. The van der Waals surface area contributed by atoms with E-state index in [1.807, 2.05) is 42.1 Å². The fourth-order valence-corrected chi connectivity index (χ4v) is 2.82. The van der Waals surface area contributed by atoms with Crippen LogP contribution in [-0.4, -0.2) is 23.5 Å². The van der Waals surface area contributed by atoms with E-state index < -0.39 is 6.04 Å². The number of halogens is 1. The lowest BCUT2D eigenvalue weighted by Gasteiger charge is -2.30. The van der Waals surface area contributed by atoms with E-state index in [1.54, 1.807) is 0 Å². The van der Waals surface area contributed by atoms with Crippen LogP contribution in [0.1, 0.15) is 38.3 Å². The minimum Gasteiger partial charge on any atom is -0.353 e. The number of benzene rings is 1. The van der Waals surface area contributed by atoms with Crippen LogP contribution in [0.4, 0.5) is 0 Å². The second-order valence-corrected chi connectivity index (χ2v) is 5.97. The number of rotatable bonds is 7. The van der Waals surface area contributed by atoms with Gasteiger partial charge in [0.1, 0.15) is 6.04 Å². The molecule has 0 aliphatic rings.